The molecule has 0 heterocycles. The molecular weight excluding hydrogens is 324 g/mol. The summed E-state index contributed by atoms with van der Waals surface area (Å²) in [5.41, 5.74) is 0.796. The van der Waals surface area contributed by atoms with E-state index in [-0.39, 0.29) is 10.8 Å². The molecule has 2 rings (SSSR count). The number of sulfonamides is 1. The van der Waals surface area contributed by atoms with Gasteiger partial charge in [-0.2, -0.15) is 0 Å². The zero-order valence-corrected chi connectivity index (χ0v) is 14.6. The smallest absolute Gasteiger partial charge is 0.261 e. The summed E-state index contributed by atoms with van der Waals surface area (Å²) >= 11 is 0. The zero-order chi connectivity index (χ0) is 17.6. The Morgan fingerprint density at radius 1 is 0.958 bits per heavy atom. The van der Waals surface area contributed by atoms with Crippen LogP contribution in [0.3, 0.4) is 0 Å². The number of amides is 1. The zero-order valence-electron chi connectivity index (χ0n) is 13.8. The van der Waals surface area contributed by atoms with Gasteiger partial charge in [0.25, 0.3) is 10.0 Å². The van der Waals surface area contributed by atoms with Gasteiger partial charge in [-0.25, -0.2) is 8.42 Å². The quantitative estimate of drug-likeness (QED) is 0.799. The Balaban J connectivity index is 2.16. The molecule has 0 aliphatic heterocycles. The summed E-state index contributed by atoms with van der Waals surface area (Å²) in [4.78, 5) is 12.2. The number of carbonyl (C=O) groups is 1. The Kier molecular flexibility index (Phi) is 5.98. The molecule has 6 heteroatoms. The van der Waals surface area contributed by atoms with E-state index in [9.17, 15) is 13.2 Å². The molecule has 0 unspecified atom stereocenters. The second-order valence-electron chi connectivity index (χ2n) is 5.94. The molecule has 0 aliphatic carbocycles. The summed E-state index contributed by atoms with van der Waals surface area (Å²) in [6, 6.07) is 14.9. The van der Waals surface area contributed by atoms with Gasteiger partial charge in [0.1, 0.15) is 0 Å². The van der Waals surface area contributed by atoms with Crippen LogP contribution in [0.2, 0.25) is 0 Å². The maximum Gasteiger partial charge on any atom is 0.261 e. The maximum absolute atomic E-state index is 12.4. The van der Waals surface area contributed by atoms with Gasteiger partial charge in [-0.1, -0.05) is 44.2 Å². The first kappa shape index (κ1) is 18.0. The highest BCUT2D eigenvalue weighted by Gasteiger charge is 2.16. The van der Waals surface area contributed by atoms with Gasteiger partial charge in [-0.3, -0.25) is 9.52 Å². The standard InChI is InChI=1S/C18H22N2O3S/c1-14(2)12-13-18(21)19-16-10-6-7-11-17(16)20-24(22,23)15-8-4-3-5-9-15/h3-11,14,20H,12-13H2,1-2H3,(H,19,21). The van der Waals surface area contributed by atoms with Crippen LogP contribution in [0.5, 0.6) is 0 Å². The Hall–Kier alpha value is -2.34. The van der Waals surface area contributed by atoms with Gasteiger partial charge >= 0.3 is 0 Å². The Morgan fingerprint density at radius 2 is 1.54 bits per heavy atom. The summed E-state index contributed by atoms with van der Waals surface area (Å²) in [6.45, 7) is 4.10. The summed E-state index contributed by atoms with van der Waals surface area (Å²) < 4.78 is 27.4. The van der Waals surface area contributed by atoms with Gasteiger partial charge < -0.3 is 5.32 Å². The normalized spacial score (nSPS) is 11.3. The van der Waals surface area contributed by atoms with Crippen molar-refractivity contribution in [2.75, 3.05) is 10.0 Å². The molecule has 2 aromatic rings. The first-order chi connectivity index (χ1) is 11.4. The van der Waals surface area contributed by atoms with Crippen molar-refractivity contribution in [2.24, 2.45) is 5.92 Å². The van der Waals surface area contributed by atoms with Crippen LogP contribution >= 0.6 is 0 Å². The molecule has 24 heavy (non-hydrogen) atoms. The number of anilines is 2. The molecule has 128 valence electrons. The minimum atomic E-state index is -3.70. The number of rotatable bonds is 7. The number of para-hydroxylation sites is 2. The number of carbonyl (C=O) groups excluding carboxylic acids is 1. The molecule has 1 amide bonds. The van der Waals surface area contributed by atoms with E-state index in [2.05, 4.69) is 23.9 Å². The fourth-order valence-corrected chi connectivity index (χ4v) is 3.22. The number of nitrogens with one attached hydrogen (secondary N) is 2. The predicted molar refractivity (Wildman–Crippen MR) is 96.4 cm³/mol. The Bertz CT molecular complexity index is 787. The Labute approximate surface area is 143 Å². The van der Waals surface area contributed by atoms with Crippen LogP contribution in [0.1, 0.15) is 26.7 Å². The molecule has 0 saturated carbocycles. The molecule has 0 spiro atoms. The molecule has 0 saturated heterocycles. The summed E-state index contributed by atoms with van der Waals surface area (Å²) in [5.74, 6) is 0.303. The largest absolute Gasteiger partial charge is 0.324 e. The maximum atomic E-state index is 12.4. The lowest BCUT2D eigenvalue weighted by Gasteiger charge is -2.14. The molecule has 0 atom stereocenters. The number of hydrogen-bond acceptors (Lipinski definition) is 3. The van der Waals surface area contributed by atoms with Crippen molar-refractivity contribution in [1.29, 1.82) is 0 Å². The molecule has 0 aliphatic rings. The van der Waals surface area contributed by atoms with E-state index >= 15 is 0 Å². The molecule has 0 fully saturated rings. The minimum absolute atomic E-state index is 0.130. The topological polar surface area (TPSA) is 75.3 Å². The van der Waals surface area contributed by atoms with Gasteiger partial charge in [0.15, 0.2) is 0 Å². The van der Waals surface area contributed by atoms with E-state index in [1.165, 1.54) is 12.1 Å². The first-order valence-corrected chi connectivity index (χ1v) is 9.33. The summed E-state index contributed by atoms with van der Waals surface area (Å²) in [5, 5.41) is 2.77. The van der Waals surface area contributed by atoms with E-state index in [1.807, 2.05) is 0 Å². The van der Waals surface area contributed by atoms with Crippen LogP contribution in [0.25, 0.3) is 0 Å². The minimum Gasteiger partial charge on any atom is -0.324 e. The van der Waals surface area contributed by atoms with Crippen molar-refractivity contribution in [3.8, 4) is 0 Å². The molecule has 2 N–H and O–H groups in total. The summed E-state index contributed by atoms with van der Waals surface area (Å²) in [6.07, 6.45) is 1.18. The van der Waals surface area contributed by atoms with Gasteiger partial charge in [0.2, 0.25) is 5.91 Å². The monoisotopic (exact) mass is 346 g/mol. The van der Waals surface area contributed by atoms with E-state index in [0.29, 0.717) is 23.7 Å². The summed E-state index contributed by atoms with van der Waals surface area (Å²) in [7, 11) is -3.70. The molecule has 5 nitrogen and oxygen atoms in total. The van der Waals surface area contributed by atoms with Crippen LogP contribution in [0.4, 0.5) is 11.4 Å². The van der Waals surface area contributed by atoms with Crippen molar-refractivity contribution in [2.45, 2.75) is 31.6 Å². The molecule has 0 bridgehead atoms. The second kappa shape index (κ2) is 7.97. The predicted octanol–water partition coefficient (Wildman–Crippen LogP) is 3.86. The van der Waals surface area contributed by atoms with Crippen molar-refractivity contribution < 1.29 is 13.2 Å². The average molecular weight is 346 g/mol. The van der Waals surface area contributed by atoms with E-state index < -0.39 is 10.0 Å². The van der Waals surface area contributed by atoms with Crippen molar-refractivity contribution in [3.63, 3.8) is 0 Å². The van der Waals surface area contributed by atoms with E-state index in [1.54, 1.807) is 42.5 Å². The van der Waals surface area contributed by atoms with E-state index in [0.717, 1.165) is 6.42 Å². The third-order valence-electron chi connectivity index (χ3n) is 3.45. The van der Waals surface area contributed by atoms with Crippen LogP contribution < -0.4 is 10.0 Å². The number of benzene rings is 2. The first-order valence-electron chi connectivity index (χ1n) is 7.85. The lowest BCUT2D eigenvalue weighted by atomic mass is 10.1. The van der Waals surface area contributed by atoms with Crippen LogP contribution in [-0.2, 0) is 14.8 Å². The number of hydrogen-bond donors (Lipinski definition) is 2. The third-order valence-corrected chi connectivity index (χ3v) is 4.83. The second-order valence-corrected chi connectivity index (χ2v) is 7.63. The van der Waals surface area contributed by atoms with Crippen molar-refractivity contribution >= 4 is 27.3 Å². The lowest BCUT2D eigenvalue weighted by molar-refractivity contribution is -0.116. The van der Waals surface area contributed by atoms with Crippen LogP contribution in [-0.4, -0.2) is 14.3 Å². The molecule has 0 aromatic heterocycles. The average Bonchev–Trinajstić information content (AvgIpc) is 2.55. The lowest BCUT2D eigenvalue weighted by Crippen LogP contribution is -2.17. The highest BCUT2D eigenvalue weighted by molar-refractivity contribution is 7.92. The fraction of sp³-hybridized carbons (Fsp3) is 0.278. The molecular formula is C18H22N2O3S. The SMILES string of the molecule is CC(C)CCC(=O)Nc1ccccc1NS(=O)(=O)c1ccccc1. The van der Waals surface area contributed by atoms with Crippen molar-refractivity contribution in [3.05, 3.63) is 54.6 Å². The third kappa shape index (κ3) is 5.09. The van der Waals surface area contributed by atoms with Crippen LogP contribution in [0, 0.1) is 5.92 Å². The van der Waals surface area contributed by atoms with E-state index in [4.69, 9.17) is 0 Å². The van der Waals surface area contributed by atoms with Crippen molar-refractivity contribution in [1.82, 2.24) is 0 Å². The van der Waals surface area contributed by atoms with Gasteiger partial charge in [-0.15, -0.1) is 0 Å². The molecule has 0 radical (unpaired) electrons. The highest BCUT2D eigenvalue weighted by Crippen LogP contribution is 2.24. The van der Waals surface area contributed by atoms with Gasteiger partial charge in [0, 0.05) is 6.42 Å². The van der Waals surface area contributed by atoms with Crippen LogP contribution in [0.15, 0.2) is 59.5 Å². The van der Waals surface area contributed by atoms with Gasteiger partial charge in [-0.05, 0) is 36.6 Å². The fourth-order valence-electron chi connectivity index (χ4n) is 2.12. The highest BCUT2D eigenvalue weighted by atomic mass is 32.2. The van der Waals surface area contributed by atoms with Gasteiger partial charge in [0.05, 0.1) is 16.3 Å². The Morgan fingerprint density at radius 3 is 2.17 bits per heavy atom. The molecule has 2 aromatic carbocycles.